The van der Waals surface area contributed by atoms with Crippen LogP contribution in [0.3, 0.4) is 0 Å². The number of aromatic nitrogens is 1. The summed E-state index contributed by atoms with van der Waals surface area (Å²) in [6.07, 6.45) is 1.34. The zero-order valence-electron chi connectivity index (χ0n) is 8.67. The molecule has 1 N–H and O–H groups in total. The molecule has 1 heterocycles. The Labute approximate surface area is 91.8 Å². The van der Waals surface area contributed by atoms with E-state index in [1.54, 1.807) is 0 Å². The first kappa shape index (κ1) is 12.0. The van der Waals surface area contributed by atoms with Gasteiger partial charge in [-0.2, -0.15) is 0 Å². The van der Waals surface area contributed by atoms with Gasteiger partial charge in [0.15, 0.2) is 0 Å². The molecular weight excluding hydrogens is 214 g/mol. The number of esters is 1. The number of nitrogens with zero attached hydrogens (tertiary/aromatic N) is 1. The van der Waals surface area contributed by atoms with Crippen LogP contribution < -0.4 is 4.74 Å². The Balaban J connectivity index is 2.45. The summed E-state index contributed by atoms with van der Waals surface area (Å²) < 4.78 is 9.73. The van der Waals surface area contributed by atoms with Crippen molar-refractivity contribution in [2.75, 3.05) is 13.2 Å². The van der Waals surface area contributed by atoms with Crippen molar-refractivity contribution >= 4 is 11.9 Å². The van der Waals surface area contributed by atoms with Crippen molar-refractivity contribution in [3.8, 4) is 5.88 Å². The lowest BCUT2D eigenvalue weighted by atomic mass is 10.3. The minimum Gasteiger partial charge on any atom is -0.478 e. The molecule has 1 aromatic heterocycles. The van der Waals surface area contributed by atoms with Crippen molar-refractivity contribution in [3.05, 3.63) is 23.9 Å². The summed E-state index contributed by atoms with van der Waals surface area (Å²) in [5.74, 6) is -1.25. The number of hydrogen-bond donors (Lipinski definition) is 1. The van der Waals surface area contributed by atoms with Crippen molar-refractivity contribution in [1.29, 1.82) is 0 Å². The van der Waals surface area contributed by atoms with Crippen LogP contribution in [0, 0.1) is 0 Å². The molecule has 0 spiro atoms. The normalized spacial score (nSPS) is 9.56. The lowest BCUT2D eigenvalue weighted by Crippen LogP contribution is -2.10. The van der Waals surface area contributed by atoms with Crippen LogP contribution in [0.15, 0.2) is 18.3 Å². The first-order valence-electron chi connectivity index (χ1n) is 4.55. The SMILES string of the molecule is CC(=O)OCCOc1cc(C(=O)O)ccn1. The lowest BCUT2D eigenvalue weighted by molar-refractivity contribution is -0.141. The number of carboxylic acids is 1. The molecule has 0 saturated carbocycles. The summed E-state index contributed by atoms with van der Waals surface area (Å²) >= 11 is 0. The van der Waals surface area contributed by atoms with Gasteiger partial charge >= 0.3 is 11.9 Å². The van der Waals surface area contributed by atoms with E-state index in [1.165, 1.54) is 25.3 Å². The van der Waals surface area contributed by atoms with Gasteiger partial charge in [-0.05, 0) is 6.07 Å². The Bertz CT molecular complexity index is 391. The van der Waals surface area contributed by atoms with Crippen molar-refractivity contribution < 1.29 is 24.2 Å². The molecule has 0 radical (unpaired) electrons. The van der Waals surface area contributed by atoms with Gasteiger partial charge in [0.1, 0.15) is 13.2 Å². The highest BCUT2D eigenvalue weighted by Gasteiger charge is 2.04. The van der Waals surface area contributed by atoms with Crippen LogP contribution in [0.5, 0.6) is 5.88 Å². The number of carbonyl (C=O) groups excluding carboxylic acids is 1. The Morgan fingerprint density at radius 2 is 2.19 bits per heavy atom. The molecule has 0 bridgehead atoms. The molecule has 0 amide bonds. The molecule has 0 fully saturated rings. The number of pyridine rings is 1. The second-order valence-corrected chi connectivity index (χ2v) is 2.88. The summed E-state index contributed by atoms with van der Waals surface area (Å²) in [6.45, 7) is 1.53. The number of ether oxygens (including phenoxy) is 2. The third-order valence-electron chi connectivity index (χ3n) is 1.62. The predicted octanol–water partition coefficient (Wildman–Crippen LogP) is 0.722. The summed E-state index contributed by atoms with van der Waals surface area (Å²) in [5, 5.41) is 8.70. The fourth-order valence-corrected chi connectivity index (χ4v) is 0.953. The molecule has 1 rings (SSSR count). The molecule has 0 saturated heterocycles. The van der Waals surface area contributed by atoms with Crippen LogP contribution in [0.4, 0.5) is 0 Å². The van der Waals surface area contributed by atoms with Crippen LogP contribution >= 0.6 is 0 Å². The number of carbonyl (C=O) groups is 2. The van der Waals surface area contributed by atoms with Gasteiger partial charge in [0.05, 0.1) is 5.56 Å². The summed E-state index contributed by atoms with van der Waals surface area (Å²) in [4.78, 5) is 24.9. The molecule has 1 aromatic rings. The van der Waals surface area contributed by atoms with Gasteiger partial charge in [-0.15, -0.1) is 0 Å². The zero-order chi connectivity index (χ0) is 12.0. The molecule has 0 aliphatic heterocycles. The summed E-state index contributed by atoms with van der Waals surface area (Å²) in [6, 6.07) is 2.66. The van der Waals surface area contributed by atoms with Gasteiger partial charge < -0.3 is 14.6 Å². The quantitative estimate of drug-likeness (QED) is 0.587. The molecule has 6 heteroatoms. The average molecular weight is 225 g/mol. The number of rotatable bonds is 5. The van der Waals surface area contributed by atoms with Crippen molar-refractivity contribution in [2.45, 2.75) is 6.92 Å². The summed E-state index contributed by atoms with van der Waals surface area (Å²) in [5.41, 5.74) is 0.0949. The van der Waals surface area contributed by atoms with Crippen LogP contribution in [0.1, 0.15) is 17.3 Å². The number of aromatic carboxylic acids is 1. The van der Waals surface area contributed by atoms with E-state index < -0.39 is 11.9 Å². The van der Waals surface area contributed by atoms with E-state index in [9.17, 15) is 9.59 Å². The van der Waals surface area contributed by atoms with E-state index in [4.69, 9.17) is 9.84 Å². The minimum atomic E-state index is -1.05. The average Bonchev–Trinajstić information content (AvgIpc) is 2.24. The molecule has 86 valence electrons. The van der Waals surface area contributed by atoms with Crippen molar-refractivity contribution in [1.82, 2.24) is 4.98 Å². The van der Waals surface area contributed by atoms with Crippen LogP contribution in [0.25, 0.3) is 0 Å². The van der Waals surface area contributed by atoms with Crippen LogP contribution in [-0.4, -0.2) is 35.2 Å². The second-order valence-electron chi connectivity index (χ2n) is 2.88. The molecule has 16 heavy (non-hydrogen) atoms. The molecule has 6 nitrogen and oxygen atoms in total. The van der Waals surface area contributed by atoms with E-state index in [2.05, 4.69) is 9.72 Å². The highest BCUT2D eigenvalue weighted by molar-refractivity contribution is 5.87. The van der Waals surface area contributed by atoms with Gasteiger partial charge in [0.2, 0.25) is 5.88 Å². The largest absolute Gasteiger partial charge is 0.478 e. The minimum absolute atomic E-state index is 0.0949. The Hall–Kier alpha value is -2.11. The first-order valence-corrected chi connectivity index (χ1v) is 4.55. The van der Waals surface area contributed by atoms with E-state index in [-0.39, 0.29) is 24.7 Å². The van der Waals surface area contributed by atoms with Crippen molar-refractivity contribution in [3.63, 3.8) is 0 Å². The maximum absolute atomic E-state index is 10.6. The molecule has 0 aromatic carbocycles. The fourth-order valence-electron chi connectivity index (χ4n) is 0.953. The molecule has 0 unspecified atom stereocenters. The first-order chi connectivity index (χ1) is 7.59. The Morgan fingerprint density at radius 1 is 1.44 bits per heavy atom. The lowest BCUT2D eigenvalue weighted by Gasteiger charge is -2.05. The third kappa shape index (κ3) is 3.95. The highest BCUT2D eigenvalue weighted by Crippen LogP contribution is 2.08. The van der Waals surface area contributed by atoms with E-state index in [1.807, 2.05) is 0 Å². The van der Waals surface area contributed by atoms with Gasteiger partial charge in [-0.1, -0.05) is 0 Å². The molecular formula is C10H11NO5. The molecule has 0 aliphatic rings. The smallest absolute Gasteiger partial charge is 0.335 e. The molecule has 0 atom stereocenters. The van der Waals surface area contributed by atoms with Gasteiger partial charge in [0, 0.05) is 19.2 Å². The highest BCUT2D eigenvalue weighted by atomic mass is 16.6. The summed E-state index contributed by atoms with van der Waals surface area (Å²) in [7, 11) is 0. The Morgan fingerprint density at radius 3 is 2.81 bits per heavy atom. The maximum Gasteiger partial charge on any atom is 0.335 e. The van der Waals surface area contributed by atoms with E-state index in [0.717, 1.165) is 0 Å². The molecule has 0 aliphatic carbocycles. The monoisotopic (exact) mass is 225 g/mol. The van der Waals surface area contributed by atoms with Crippen molar-refractivity contribution in [2.24, 2.45) is 0 Å². The third-order valence-corrected chi connectivity index (χ3v) is 1.62. The second kappa shape index (κ2) is 5.69. The Kier molecular flexibility index (Phi) is 4.26. The number of hydrogen-bond acceptors (Lipinski definition) is 5. The zero-order valence-corrected chi connectivity index (χ0v) is 8.67. The fraction of sp³-hybridized carbons (Fsp3) is 0.300. The number of carboxylic acid groups (broad SMARTS) is 1. The van der Waals surface area contributed by atoms with E-state index in [0.29, 0.717) is 0 Å². The van der Waals surface area contributed by atoms with Gasteiger partial charge in [-0.25, -0.2) is 9.78 Å². The van der Waals surface area contributed by atoms with Gasteiger partial charge in [-0.3, -0.25) is 4.79 Å². The van der Waals surface area contributed by atoms with Gasteiger partial charge in [0.25, 0.3) is 0 Å². The van der Waals surface area contributed by atoms with Crippen LogP contribution in [-0.2, 0) is 9.53 Å². The van der Waals surface area contributed by atoms with E-state index >= 15 is 0 Å². The topological polar surface area (TPSA) is 85.7 Å². The maximum atomic E-state index is 10.6. The van der Waals surface area contributed by atoms with Crippen LogP contribution in [0.2, 0.25) is 0 Å². The predicted molar refractivity (Wildman–Crippen MR) is 53.3 cm³/mol. The standard InChI is InChI=1S/C10H11NO5/c1-7(12)15-4-5-16-9-6-8(10(13)14)2-3-11-9/h2-3,6H,4-5H2,1H3,(H,13,14).